The molecule has 0 aromatic rings. The van der Waals surface area contributed by atoms with Gasteiger partial charge in [0.1, 0.15) is 6.04 Å². The third-order valence-electron chi connectivity index (χ3n) is 3.80. The molecule has 3 heteroatoms. The van der Waals surface area contributed by atoms with Gasteiger partial charge in [0.15, 0.2) is 0 Å². The highest BCUT2D eigenvalue weighted by Crippen LogP contribution is 2.30. The summed E-state index contributed by atoms with van der Waals surface area (Å²) in [7, 11) is 0. The van der Waals surface area contributed by atoms with Crippen molar-refractivity contribution in [3.8, 4) is 0 Å². The summed E-state index contributed by atoms with van der Waals surface area (Å²) in [6.07, 6.45) is 6.26. The van der Waals surface area contributed by atoms with E-state index in [1.165, 1.54) is 0 Å². The van der Waals surface area contributed by atoms with Crippen molar-refractivity contribution in [1.82, 2.24) is 4.90 Å². The van der Waals surface area contributed by atoms with Crippen LogP contribution in [0.25, 0.3) is 0 Å². The molecule has 0 amide bonds. The Balaban J connectivity index is 2.70. The molecule has 3 atom stereocenters. The first-order valence-electron chi connectivity index (χ1n) is 6.62. The number of likely N-dealkylation sites (tertiary alicyclic amines) is 1. The fraction of sp³-hybridized carbons (Fsp3) is 0.923. The third kappa shape index (κ3) is 2.97. The monoisotopic (exact) mass is 227 g/mol. The maximum Gasteiger partial charge on any atom is 0.320 e. The van der Waals surface area contributed by atoms with E-state index in [0.717, 1.165) is 38.5 Å². The standard InChI is InChI=1S/C13H25NO2/c1-4-6-7-12(13(15)16)14-10(3)8-9-11(14)5-2/h10-12H,4-9H2,1-3H3,(H,15,16). The van der Waals surface area contributed by atoms with Crippen molar-refractivity contribution >= 4 is 5.97 Å². The predicted molar refractivity (Wildman–Crippen MR) is 65.6 cm³/mol. The van der Waals surface area contributed by atoms with Gasteiger partial charge in [-0.3, -0.25) is 9.69 Å². The Morgan fingerprint density at radius 2 is 2.12 bits per heavy atom. The molecule has 3 unspecified atom stereocenters. The zero-order valence-corrected chi connectivity index (χ0v) is 10.8. The van der Waals surface area contributed by atoms with Gasteiger partial charge in [0.05, 0.1) is 0 Å². The van der Waals surface area contributed by atoms with Crippen LogP contribution in [0.15, 0.2) is 0 Å². The van der Waals surface area contributed by atoms with Crippen molar-refractivity contribution < 1.29 is 9.90 Å². The average molecular weight is 227 g/mol. The van der Waals surface area contributed by atoms with Crippen LogP contribution in [-0.4, -0.2) is 34.1 Å². The first-order valence-corrected chi connectivity index (χ1v) is 6.62. The molecule has 0 spiro atoms. The topological polar surface area (TPSA) is 40.5 Å². The van der Waals surface area contributed by atoms with Crippen LogP contribution < -0.4 is 0 Å². The van der Waals surface area contributed by atoms with Gasteiger partial charge in [0, 0.05) is 12.1 Å². The Kier molecular flexibility index (Phi) is 5.26. The molecule has 1 N–H and O–H groups in total. The summed E-state index contributed by atoms with van der Waals surface area (Å²) in [5.74, 6) is -0.638. The smallest absolute Gasteiger partial charge is 0.320 e. The minimum Gasteiger partial charge on any atom is -0.480 e. The number of carboxylic acids is 1. The second kappa shape index (κ2) is 6.24. The fourth-order valence-electron chi connectivity index (χ4n) is 2.87. The fourth-order valence-corrected chi connectivity index (χ4v) is 2.87. The first-order chi connectivity index (χ1) is 7.61. The van der Waals surface area contributed by atoms with Crippen molar-refractivity contribution in [2.75, 3.05) is 0 Å². The summed E-state index contributed by atoms with van der Waals surface area (Å²) in [5, 5.41) is 9.35. The van der Waals surface area contributed by atoms with E-state index >= 15 is 0 Å². The van der Waals surface area contributed by atoms with Crippen LogP contribution in [0.4, 0.5) is 0 Å². The van der Waals surface area contributed by atoms with E-state index in [-0.39, 0.29) is 6.04 Å². The lowest BCUT2D eigenvalue weighted by atomic mass is 10.1. The highest BCUT2D eigenvalue weighted by molar-refractivity contribution is 5.73. The number of nitrogens with zero attached hydrogens (tertiary/aromatic N) is 1. The Hall–Kier alpha value is -0.570. The lowest BCUT2D eigenvalue weighted by molar-refractivity contribution is -0.145. The highest BCUT2D eigenvalue weighted by Gasteiger charge is 2.37. The number of rotatable bonds is 6. The van der Waals surface area contributed by atoms with Crippen LogP contribution in [0.1, 0.15) is 59.3 Å². The zero-order valence-electron chi connectivity index (χ0n) is 10.8. The quantitative estimate of drug-likeness (QED) is 0.758. The lowest BCUT2D eigenvalue weighted by Gasteiger charge is -2.33. The molecule has 0 aliphatic carbocycles. The SMILES string of the molecule is CCCCC(C(=O)O)N1C(C)CCC1CC. The summed E-state index contributed by atoms with van der Waals surface area (Å²) < 4.78 is 0. The Morgan fingerprint density at radius 3 is 2.62 bits per heavy atom. The molecular weight excluding hydrogens is 202 g/mol. The van der Waals surface area contributed by atoms with Gasteiger partial charge >= 0.3 is 5.97 Å². The van der Waals surface area contributed by atoms with Crippen molar-refractivity contribution in [1.29, 1.82) is 0 Å². The highest BCUT2D eigenvalue weighted by atomic mass is 16.4. The molecule has 0 aromatic heterocycles. The Labute approximate surface area is 98.8 Å². The first kappa shape index (κ1) is 13.5. The van der Waals surface area contributed by atoms with Crippen LogP contribution in [0.5, 0.6) is 0 Å². The van der Waals surface area contributed by atoms with E-state index in [4.69, 9.17) is 0 Å². The normalized spacial score (nSPS) is 28.2. The molecule has 0 aromatic carbocycles. The van der Waals surface area contributed by atoms with Gasteiger partial charge in [0.2, 0.25) is 0 Å². The second-order valence-electron chi connectivity index (χ2n) is 4.93. The molecule has 3 nitrogen and oxygen atoms in total. The van der Waals surface area contributed by atoms with Gasteiger partial charge in [-0.1, -0.05) is 26.7 Å². The van der Waals surface area contributed by atoms with E-state index in [1.54, 1.807) is 0 Å². The molecule has 1 saturated heterocycles. The summed E-state index contributed by atoms with van der Waals surface area (Å²) in [4.78, 5) is 13.6. The van der Waals surface area contributed by atoms with Gasteiger partial charge in [-0.15, -0.1) is 0 Å². The van der Waals surface area contributed by atoms with Crippen LogP contribution in [0, 0.1) is 0 Å². The molecular formula is C13H25NO2. The number of aliphatic carboxylic acids is 1. The predicted octanol–water partition coefficient (Wildman–Crippen LogP) is 2.89. The van der Waals surface area contributed by atoms with Gasteiger partial charge < -0.3 is 5.11 Å². The molecule has 0 saturated carbocycles. The lowest BCUT2D eigenvalue weighted by Crippen LogP contribution is -2.47. The van der Waals surface area contributed by atoms with E-state index in [9.17, 15) is 9.90 Å². The van der Waals surface area contributed by atoms with E-state index in [1.807, 2.05) is 0 Å². The molecule has 1 fully saturated rings. The van der Waals surface area contributed by atoms with Crippen molar-refractivity contribution in [3.05, 3.63) is 0 Å². The summed E-state index contributed by atoms with van der Waals surface area (Å²) in [6.45, 7) is 6.44. The second-order valence-corrected chi connectivity index (χ2v) is 4.93. The number of hydrogen-bond donors (Lipinski definition) is 1. The van der Waals surface area contributed by atoms with Crippen LogP contribution in [-0.2, 0) is 4.79 Å². The largest absolute Gasteiger partial charge is 0.480 e. The average Bonchev–Trinajstić information content (AvgIpc) is 2.61. The van der Waals surface area contributed by atoms with Gasteiger partial charge in [-0.2, -0.15) is 0 Å². The van der Waals surface area contributed by atoms with E-state index in [2.05, 4.69) is 25.7 Å². The molecule has 0 bridgehead atoms. The molecule has 1 heterocycles. The maximum atomic E-state index is 11.4. The number of carbonyl (C=O) groups is 1. The van der Waals surface area contributed by atoms with Gasteiger partial charge in [-0.25, -0.2) is 0 Å². The molecule has 94 valence electrons. The van der Waals surface area contributed by atoms with Crippen molar-refractivity contribution in [3.63, 3.8) is 0 Å². The minimum atomic E-state index is -0.638. The van der Waals surface area contributed by atoms with E-state index < -0.39 is 5.97 Å². The number of hydrogen-bond acceptors (Lipinski definition) is 2. The molecule has 1 rings (SSSR count). The van der Waals surface area contributed by atoms with E-state index in [0.29, 0.717) is 12.1 Å². The summed E-state index contributed by atoms with van der Waals surface area (Å²) in [6, 6.07) is 0.651. The Morgan fingerprint density at radius 1 is 1.44 bits per heavy atom. The molecule has 0 radical (unpaired) electrons. The van der Waals surface area contributed by atoms with Gasteiger partial charge in [0.25, 0.3) is 0 Å². The van der Waals surface area contributed by atoms with Crippen LogP contribution in [0.3, 0.4) is 0 Å². The summed E-state index contributed by atoms with van der Waals surface area (Å²) in [5.41, 5.74) is 0. The van der Waals surface area contributed by atoms with Crippen LogP contribution in [0.2, 0.25) is 0 Å². The Bertz CT molecular complexity index is 230. The van der Waals surface area contributed by atoms with Crippen molar-refractivity contribution in [2.24, 2.45) is 0 Å². The van der Waals surface area contributed by atoms with Crippen LogP contribution >= 0.6 is 0 Å². The molecule has 16 heavy (non-hydrogen) atoms. The minimum absolute atomic E-state index is 0.262. The zero-order chi connectivity index (χ0) is 12.1. The third-order valence-corrected chi connectivity index (χ3v) is 3.80. The molecule has 1 aliphatic rings. The van der Waals surface area contributed by atoms with Gasteiger partial charge in [-0.05, 0) is 32.6 Å². The number of carboxylic acid groups (broad SMARTS) is 1. The maximum absolute atomic E-state index is 11.4. The summed E-state index contributed by atoms with van der Waals surface area (Å²) >= 11 is 0. The van der Waals surface area contributed by atoms with Crippen molar-refractivity contribution in [2.45, 2.75) is 77.4 Å². The molecule has 1 aliphatic heterocycles. The number of unbranched alkanes of at least 4 members (excludes halogenated alkanes) is 1.